The highest BCUT2D eigenvalue weighted by Crippen LogP contribution is 2.18. The molecule has 1 aliphatic rings. The number of rotatable bonds is 2. The lowest BCUT2D eigenvalue weighted by Gasteiger charge is -2.37. The number of hydrogen-bond acceptors (Lipinski definition) is 3. The molecule has 2 unspecified atom stereocenters. The van der Waals surface area contributed by atoms with Crippen molar-refractivity contribution in [2.45, 2.75) is 24.9 Å². The Morgan fingerprint density at radius 1 is 1.40 bits per heavy atom. The Bertz CT molecular complexity index is 203. The smallest absolute Gasteiger partial charge is 0.320 e. The zero-order valence-electron chi connectivity index (χ0n) is 9.34. The summed E-state index contributed by atoms with van der Waals surface area (Å²) < 4.78 is 0. The summed E-state index contributed by atoms with van der Waals surface area (Å²) >= 11 is 0. The van der Waals surface area contributed by atoms with Gasteiger partial charge in [-0.05, 0) is 34.0 Å². The normalized spacial score (nSPS) is 26.7. The van der Waals surface area contributed by atoms with Gasteiger partial charge in [-0.1, -0.05) is 0 Å². The van der Waals surface area contributed by atoms with E-state index in [0.717, 1.165) is 19.4 Å². The van der Waals surface area contributed by atoms with E-state index in [2.05, 4.69) is 4.90 Å². The number of hydrogen-bond donors (Lipinski definition) is 1. The maximum atomic E-state index is 10.9. The number of carboxylic acids is 1. The van der Waals surface area contributed by atoms with Crippen molar-refractivity contribution in [3.8, 4) is 0 Å². The highest BCUT2D eigenvalue weighted by Gasteiger charge is 2.31. The number of nitrogens with zero attached hydrogens (tertiary/aromatic N) is 2. The van der Waals surface area contributed by atoms with Gasteiger partial charge in [0.15, 0.2) is 0 Å². The van der Waals surface area contributed by atoms with Crippen LogP contribution in [0.1, 0.15) is 12.8 Å². The highest BCUT2D eigenvalue weighted by atomic mass is 35.5. The maximum Gasteiger partial charge on any atom is 0.320 e. The second kappa shape index (κ2) is 7.28. The van der Waals surface area contributed by atoms with Crippen molar-refractivity contribution in [1.29, 1.82) is 0 Å². The lowest BCUT2D eigenvalue weighted by Crippen LogP contribution is -2.49. The van der Waals surface area contributed by atoms with Gasteiger partial charge in [0.1, 0.15) is 6.04 Å². The Morgan fingerprint density at radius 2 is 1.93 bits per heavy atom. The molecule has 15 heavy (non-hydrogen) atoms. The van der Waals surface area contributed by atoms with E-state index in [1.807, 2.05) is 26.0 Å². The Balaban J connectivity index is 0. The van der Waals surface area contributed by atoms with Crippen molar-refractivity contribution >= 4 is 30.8 Å². The van der Waals surface area contributed by atoms with Crippen molar-refractivity contribution in [3.05, 3.63) is 0 Å². The first-order valence-electron chi connectivity index (χ1n) is 4.62. The average molecular weight is 259 g/mol. The number of halogens is 2. The number of carbonyl (C=O) groups is 1. The van der Waals surface area contributed by atoms with Crippen LogP contribution in [0, 0.1) is 0 Å². The molecule has 2 atom stereocenters. The molecule has 1 heterocycles. The Labute approximate surface area is 103 Å². The van der Waals surface area contributed by atoms with Gasteiger partial charge >= 0.3 is 5.97 Å². The van der Waals surface area contributed by atoms with E-state index < -0.39 is 5.97 Å². The second-order valence-electron chi connectivity index (χ2n) is 3.98. The molecule has 6 heteroatoms. The minimum Gasteiger partial charge on any atom is -0.480 e. The fraction of sp³-hybridized carbons (Fsp3) is 0.889. The third-order valence-corrected chi connectivity index (χ3v) is 2.86. The van der Waals surface area contributed by atoms with E-state index in [0.29, 0.717) is 6.04 Å². The largest absolute Gasteiger partial charge is 0.480 e. The average Bonchev–Trinajstić information content (AvgIpc) is 2.04. The molecule has 1 N–H and O–H groups in total. The predicted molar refractivity (Wildman–Crippen MR) is 65.3 cm³/mol. The number of aliphatic carboxylic acids is 1. The number of likely N-dealkylation sites (N-methyl/N-ethyl adjacent to an activating group) is 1. The molecule has 0 saturated carbocycles. The number of carboxylic acid groups (broad SMARTS) is 1. The third-order valence-electron chi connectivity index (χ3n) is 2.86. The van der Waals surface area contributed by atoms with Gasteiger partial charge in [0.2, 0.25) is 0 Å². The zero-order chi connectivity index (χ0) is 10.0. The molecule has 0 aromatic heterocycles. The third kappa shape index (κ3) is 4.55. The minimum absolute atomic E-state index is 0. The summed E-state index contributed by atoms with van der Waals surface area (Å²) in [7, 11) is 5.90. The van der Waals surface area contributed by atoms with Crippen LogP contribution in [-0.2, 0) is 4.79 Å². The number of likely N-dealkylation sites (tertiary alicyclic amines) is 1. The lowest BCUT2D eigenvalue weighted by atomic mass is 9.97. The first kappa shape index (κ1) is 17.4. The first-order chi connectivity index (χ1) is 6.02. The molecule has 4 nitrogen and oxygen atoms in total. The summed E-state index contributed by atoms with van der Waals surface area (Å²) in [4.78, 5) is 14.9. The van der Waals surface area contributed by atoms with Crippen LogP contribution >= 0.6 is 24.8 Å². The summed E-state index contributed by atoms with van der Waals surface area (Å²) in [6.07, 6.45) is 1.80. The fourth-order valence-corrected chi connectivity index (χ4v) is 1.82. The molecule has 1 aliphatic heterocycles. The van der Waals surface area contributed by atoms with E-state index in [1.54, 1.807) is 0 Å². The Kier molecular flexibility index (Phi) is 8.43. The fourth-order valence-electron chi connectivity index (χ4n) is 1.82. The SMILES string of the molecule is CN(C)C1CCN(C)C(C(=O)O)C1.Cl.Cl. The summed E-state index contributed by atoms with van der Waals surface area (Å²) in [6.45, 7) is 0.875. The molecule has 1 fully saturated rings. The summed E-state index contributed by atoms with van der Waals surface area (Å²) in [6, 6.07) is 0.110. The molecule has 0 aromatic rings. The van der Waals surface area contributed by atoms with E-state index >= 15 is 0 Å². The van der Waals surface area contributed by atoms with Crippen LogP contribution in [0.2, 0.25) is 0 Å². The van der Waals surface area contributed by atoms with Gasteiger partial charge in [-0.3, -0.25) is 9.69 Å². The molecule has 0 spiro atoms. The van der Waals surface area contributed by atoms with Gasteiger partial charge < -0.3 is 10.0 Å². The predicted octanol–water partition coefficient (Wildman–Crippen LogP) is 0.939. The summed E-state index contributed by atoms with van der Waals surface area (Å²) in [5.41, 5.74) is 0. The van der Waals surface area contributed by atoms with Crippen molar-refractivity contribution in [3.63, 3.8) is 0 Å². The Morgan fingerprint density at radius 3 is 2.33 bits per heavy atom. The van der Waals surface area contributed by atoms with Gasteiger partial charge in [-0.2, -0.15) is 0 Å². The van der Waals surface area contributed by atoms with Crippen molar-refractivity contribution in [2.75, 3.05) is 27.7 Å². The van der Waals surface area contributed by atoms with Gasteiger partial charge in [0.25, 0.3) is 0 Å². The highest BCUT2D eigenvalue weighted by molar-refractivity contribution is 5.85. The second-order valence-corrected chi connectivity index (χ2v) is 3.98. The molecule has 92 valence electrons. The van der Waals surface area contributed by atoms with Crippen LogP contribution in [0.25, 0.3) is 0 Å². The van der Waals surface area contributed by atoms with Gasteiger partial charge in [-0.15, -0.1) is 24.8 Å². The van der Waals surface area contributed by atoms with E-state index in [1.165, 1.54) is 0 Å². The van der Waals surface area contributed by atoms with Crippen LogP contribution in [0.3, 0.4) is 0 Å². The number of piperidine rings is 1. The molecular formula is C9H20Cl2N2O2. The summed E-state index contributed by atoms with van der Waals surface area (Å²) in [5, 5.41) is 8.95. The topological polar surface area (TPSA) is 43.8 Å². The van der Waals surface area contributed by atoms with Crippen LogP contribution in [-0.4, -0.2) is 60.6 Å². The zero-order valence-corrected chi connectivity index (χ0v) is 11.0. The van der Waals surface area contributed by atoms with Gasteiger partial charge in [0, 0.05) is 12.6 Å². The molecule has 1 saturated heterocycles. The standard InChI is InChI=1S/C9H18N2O2.2ClH/c1-10(2)7-4-5-11(3)8(6-7)9(12)13;;/h7-8H,4-6H2,1-3H3,(H,12,13);2*1H. The van der Waals surface area contributed by atoms with E-state index in [-0.39, 0.29) is 30.9 Å². The van der Waals surface area contributed by atoms with Gasteiger partial charge in [-0.25, -0.2) is 0 Å². The van der Waals surface area contributed by atoms with Crippen molar-refractivity contribution in [2.24, 2.45) is 0 Å². The molecule has 0 radical (unpaired) electrons. The molecule has 1 rings (SSSR count). The Hall–Kier alpha value is -0.0300. The van der Waals surface area contributed by atoms with Crippen LogP contribution in [0.5, 0.6) is 0 Å². The molecule has 0 bridgehead atoms. The first-order valence-corrected chi connectivity index (χ1v) is 4.62. The monoisotopic (exact) mass is 258 g/mol. The molecule has 0 aromatic carbocycles. The van der Waals surface area contributed by atoms with E-state index in [9.17, 15) is 4.79 Å². The molecule has 0 aliphatic carbocycles. The molecule has 0 amide bonds. The van der Waals surface area contributed by atoms with Crippen LogP contribution < -0.4 is 0 Å². The van der Waals surface area contributed by atoms with Crippen LogP contribution in [0.4, 0.5) is 0 Å². The summed E-state index contributed by atoms with van der Waals surface area (Å²) in [5.74, 6) is -0.700. The maximum absolute atomic E-state index is 10.9. The van der Waals surface area contributed by atoms with Gasteiger partial charge in [0.05, 0.1) is 0 Å². The quantitative estimate of drug-likeness (QED) is 0.801. The minimum atomic E-state index is -0.700. The van der Waals surface area contributed by atoms with Crippen molar-refractivity contribution < 1.29 is 9.90 Å². The lowest BCUT2D eigenvalue weighted by molar-refractivity contribution is -0.144. The van der Waals surface area contributed by atoms with Crippen LogP contribution in [0.15, 0.2) is 0 Å². The van der Waals surface area contributed by atoms with Crippen molar-refractivity contribution in [1.82, 2.24) is 9.80 Å². The molecular weight excluding hydrogens is 239 g/mol. The van der Waals surface area contributed by atoms with E-state index in [4.69, 9.17) is 5.11 Å².